The molecule has 11 heteroatoms. The van der Waals surface area contributed by atoms with Crippen molar-refractivity contribution in [3.05, 3.63) is 53.6 Å². The number of aryl methyl sites for hydroxylation is 1. The van der Waals surface area contributed by atoms with Crippen LogP contribution in [0.1, 0.15) is 55.6 Å². The molecule has 2 aliphatic rings. The lowest BCUT2D eigenvalue weighted by Crippen LogP contribution is -2.39. The van der Waals surface area contributed by atoms with Gasteiger partial charge in [-0.25, -0.2) is 13.2 Å². The minimum Gasteiger partial charge on any atom is -0.341 e. The molecule has 2 aliphatic heterocycles. The van der Waals surface area contributed by atoms with Crippen LogP contribution < -0.4 is 10.2 Å². The number of anilines is 1. The van der Waals surface area contributed by atoms with E-state index in [-0.39, 0.29) is 19.0 Å². The number of fused-ring (bicyclic) bond motifs is 1. The van der Waals surface area contributed by atoms with Gasteiger partial charge in [-0.2, -0.15) is 9.40 Å². The largest absolute Gasteiger partial charge is 0.341 e. The molecular weight excluding hydrogens is 540 g/mol. The number of urea groups is 1. The monoisotopic (exact) mass is 580 g/mol. The summed E-state index contributed by atoms with van der Waals surface area (Å²) in [6, 6.07) is 13.5. The molecule has 3 aromatic rings. The maximum Gasteiger partial charge on any atom is 0.322 e. The molecule has 10 nitrogen and oxygen atoms in total. The Bertz CT molecular complexity index is 1490. The first-order valence-electron chi connectivity index (χ1n) is 14.5. The molecule has 2 saturated heterocycles. The Balaban J connectivity index is 1.25. The average Bonchev–Trinajstić information content (AvgIpc) is 3.33. The summed E-state index contributed by atoms with van der Waals surface area (Å²) in [6.07, 6.45) is 6.01. The van der Waals surface area contributed by atoms with Crippen LogP contribution in [-0.4, -0.2) is 79.5 Å². The summed E-state index contributed by atoms with van der Waals surface area (Å²) in [5.41, 5.74) is 3.23. The zero-order chi connectivity index (χ0) is 29.0. The molecule has 220 valence electrons. The molecule has 0 bridgehead atoms. The summed E-state index contributed by atoms with van der Waals surface area (Å²) in [6.45, 7) is 4.08. The van der Waals surface area contributed by atoms with Crippen LogP contribution >= 0.6 is 0 Å². The second kappa shape index (κ2) is 12.7. The van der Waals surface area contributed by atoms with Crippen LogP contribution in [0, 0.1) is 0 Å². The number of carbonyl (C=O) groups excluding carboxylic acids is 2. The van der Waals surface area contributed by atoms with Gasteiger partial charge in [0, 0.05) is 52.1 Å². The second-order valence-corrected chi connectivity index (χ2v) is 13.0. The van der Waals surface area contributed by atoms with Crippen LogP contribution in [0.4, 0.5) is 10.6 Å². The fourth-order valence-corrected chi connectivity index (χ4v) is 7.66. The average molecular weight is 581 g/mol. The molecule has 41 heavy (non-hydrogen) atoms. The van der Waals surface area contributed by atoms with E-state index in [1.165, 1.54) is 10.5 Å². The quantitative estimate of drug-likeness (QED) is 0.385. The van der Waals surface area contributed by atoms with Crippen LogP contribution in [0.3, 0.4) is 0 Å². The highest BCUT2D eigenvalue weighted by Crippen LogP contribution is 2.34. The van der Waals surface area contributed by atoms with Gasteiger partial charge in [-0.1, -0.05) is 24.6 Å². The lowest BCUT2D eigenvalue weighted by molar-refractivity contribution is -0.107. The Hall–Kier alpha value is -3.28. The highest BCUT2D eigenvalue weighted by molar-refractivity contribution is 7.89. The number of nitrogens with one attached hydrogen (secondary N) is 1. The van der Waals surface area contributed by atoms with Crippen LogP contribution in [0.15, 0.2) is 47.4 Å². The molecule has 2 aromatic carbocycles. The fourth-order valence-electron chi connectivity index (χ4n) is 6.07. The number of aromatic nitrogens is 2. The number of rotatable bonds is 9. The predicted octanol–water partition coefficient (Wildman–Crippen LogP) is 3.86. The van der Waals surface area contributed by atoms with E-state index in [1.807, 2.05) is 31.3 Å². The van der Waals surface area contributed by atoms with E-state index in [2.05, 4.69) is 27.4 Å². The van der Waals surface area contributed by atoms with Gasteiger partial charge in [0.15, 0.2) is 5.82 Å². The number of hydrogen-bond acceptors (Lipinski definition) is 6. The Labute approximate surface area is 242 Å². The van der Waals surface area contributed by atoms with Crippen LogP contribution in [0.5, 0.6) is 0 Å². The van der Waals surface area contributed by atoms with Gasteiger partial charge in [0.2, 0.25) is 10.0 Å². The van der Waals surface area contributed by atoms with Crippen molar-refractivity contribution in [1.82, 2.24) is 24.3 Å². The van der Waals surface area contributed by atoms with Crippen molar-refractivity contribution in [2.24, 2.45) is 7.05 Å². The topological polar surface area (TPSA) is 108 Å². The molecule has 1 N–H and O–H groups in total. The normalized spacial score (nSPS) is 17.5. The first kappa shape index (κ1) is 29.2. The minimum absolute atomic E-state index is 0.237. The third-order valence-corrected chi connectivity index (χ3v) is 10.3. The van der Waals surface area contributed by atoms with Crippen molar-refractivity contribution in [2.45, 2.75) is 55.9 Å². The molecule has 0 saturated carbocycles. The number of piperidine rings is 2. The van der Waals surface area contributed by atoms with Gasteiger partial charge in [0.05, 0.1) is 10.4 Å². The van der Waals surface area contributed by atoms with Crippen LogP contribution in [-0.2, 0) is 28.4 Å². The van der Waals surface area contributed by atoms with Gasteiger partial charge in [0.25, 0.3) is 0 Å². The molecule has 0 radical (unpaired) electrons. The lowest BCUT2D eigenvalue weighted by atomic mass is 9.89. The van der Waals surface area contributed by atoms with E-state index < -0.39 is 10.0 Å². The molecule has 0 unspecified atom stereocenters. The van der Waals surface area contributed by atoms with Crippen molar-refractivity contribution in [3.8, 4) is 0 Å². The standard InChI is InChI=1S/C30H40N6O4S/c1-31-30(38)36(16-7-19-37)29-27-11-10-25(21-28(27)33(2)32-29)24-12-17-34(18-13-24)22-23-8-6-9-26(20-23)41(39,40)35-14-4-3-5-15-35/h6,8-11,19-21,24H,3-5,7,12-18,22H2,1-2H3,(H,31,38). The Morgan fingerprint density at radius 1 is 1.07 bits per heavy atom. The molecule has 0 atom stereocenters. The minimum atomic E-state index is -3.44. The maximum absolute atomic E-state index is 13.2. The zero-order valence-electron chi connectivity index (χ0n) is 24.0. The van der Waals surface area contributed by atoms with Crippen molar-refractivity contribution >= 4 is 39.1 Å². The van der Waals surface area contributed by atoms with Gasteiger partial charge >= 0.3 is 6.03 Å². The van der Waals surface area contributed by atoms with Gasteiger partial charge in [-0.3, -0.25) is 14.5 Å². The van der Waals surface area contributed by atoms with E-state index in [4.69, 9.17) is 0 Å². The van der Waals surface area contributed by atoms with Crippen molar-refractivity contribution in [3.63, 3.8) is 0 Å². The Morgan fingerprint density at radius 2 is 1.83 bits per heavy atom. The number of benzene rings is 2. The molecule has 2 amide bonds. The number of sulfonamides is 1. The molecule has 0 spiro atoms. The highest BCUT2D eigenvalue weighted by atomic mass is 32.2. The molecule has 1 aromatic heterocycles. The van der Waals surface area contributed by atoms with Gasteiger partial charge in [-0.05, 0) is 80.1 Å². The first-order valence-corrected chi connectivity index (χ1v) is 16.0. The fraction of sp³-hybridized carbons (Fsp3) is 0.500. The molecular formula is C30H40N6O4S. The Morgan fingerprint density at radius 3 is 2.54 bits per heavy atom. The van der Waals surface area contributed by atoms with Crippen LogP contribution in [0.25, 0.3) is 10.9 Å². The van der Waals surface area contributed by atoms with E-state index in [9.17, 15) is 18.0 Å². The van der Waals surface area contributed by atoms with Crippen molar-refractivity contribution in [1.29, 1.82) is 0 Å². The van der Waals surface area contributed by atoms with E-state index in [0.29, 0.717) is 29.7 Å². The first-order chi connectivity index (χ1) is 19.8. The summed E-state index contributed by atoms with van der Waals surface area (Å²) < 4.78 is 29.7. The number of aldehydes is 1. The molecule has 3 heterocycles. The van der Waals surface area contributed by atoms with Gasteiger partial charge in [0.1, 0.15) is 6.29 Å². The number of amides is 2. The van der Waals surface area contributed by atoms with Gasteiger partial charge in [-0.15, -0.1) is 0 Å². The van der Waals surface area contributed by atoms with E-state index in [0.717, 1.165) is 74.5 Å². The molecule has 5 rings (SSSR count). The van der Waals surface area contributed by atoms with Gasteiger partial charge < -0.3 is 10.1 Å². The highest BCUT2D eigenvalue weighted by Gasteiger charge is 2.27. The molecule has 0 aliphatic carbocycles. The predicted molar refractivity (Wildman–Crippen MR) is 160 cm³/mol. The third kappa shape index (κ3) is 6.32. The van der Waals surface area contributed by atoms with E-state index >= 15 is 0 Å². The summed E-state index contributed by atoms with van der Waals surface area (Å²) in [5, 5.41) is 8.14. The summed E-state index contributed by atoms with van der Waals surface area (Å²) >= 11 is 0. The smallest absolute Gasteiger partial charge is 0.322 e. The van der Waals surface area contributed by atoms with Crippen molar-refractivity contribution < 1.29 is 18.0 Å². The summed E-state index contributed by atoms with van der Waals surface area (Å²) in [7, 11) is 0.00456. The second-order valence-electron chi connectivity index (χ2n) is 11.0. The Kier molecular flexibility index (Phi) is 9.06. The van der Waals surface area contributed by atoms with E-state index in [1.54, 1.807) is 22.1 Å². The zero-order valence-corrected chi connectivity index (χ0v) is 24.8. The van der Waals surface area contributed by atoms with Crippen LogP contribution in [0.2, 0.25) is 0 Å². The number of nitrogens with zero attached hydrogens (tertiary/aromatic N) is 5. The lowest BCUT2D eigenvalue weighted by Gasteiger charge is -2.32. The van der Waals surface area contributed by atoms with Crippen molar-refractivity contribution in [2.75, 3.05) is 44.7 Å². The summed E-state index contributed by atoms with van der Waals surface area (Å²) in [4.78, 5) is 27.8. The SMILES string of the molecule is CNC(=O)N(CCC=O)c1nn(C)c2cc(C3CCN(Cc4cccc(S(=O)(=O)N5CCCCC5)c4)CC3)ccc12. The maximum atomic E-state index is 13.2. The third-order valence-electron chi connectivity index (χ3n) is 8.36. The summed E-state index contributed by atoms with van der Waals surface area (Å²) in [5.74, 6) is 0.958. The number of likely N-dealkylation sites (tertiary alicyclic amines) is 1. The number of hydrogen-bond donors (Lipinski definition) is 1. The molecule has 2 fully saturated rings. The number of carbonyl (C=O) groups is 2.